The molecule has 2 aromatic rings. The average molecular weight is 323 g/mol. The molecular formula is C11H6F5N3OS. The zero-order valence-corrected chi connectivity index (χ0v) is 10.8. The molecule has 1 heterocycles. The lowest BCUT2D eigenvalue weighted by atomic mass is 10.0. The summed E-state index contributed by atoms with van der Waals surface area (Å²) in [6, 6.07) is -0.528. The maximum absolute atomic E-state index is 13.5. The molecule has 1 amide bonds. The van der Waals surface area contributed by atoms with Gasteiger partial charge < -0.3 is 5.32 Å². The first-order valence-corrected chi connectivity index (χ1v) is 6.17. The molecule has 0 saturated carbocycles. The summed E-state index contributed by atoms with van der Waals surface area (Å²) in [6.07, 6.45) is -4.12. The Morgan fingerprint density at radius 2 is 1.86 bits per heavy atom. The van der Waals surface area contributed by atoms with Gasteiger partial charge in [-0.25, -0.2) is 8.78 Å². The molecule has 0 unspecified atom stereocenters. The Hall–Kier alpha value is -2.10. The first-order valence-electron chi connectivity index (χ1n) is 5.39. The van der Waals surface area contributed by atoms with Crippen LogP contribution >= 0.6 is 11.5 Å². The van der Waals surface area contributed by atoms with Crippen molar-refractivity contribution in [3.8, 4) is 0 Å². The van der Waals surface area contributed by atoms with Crippen molar-refractivity contribution < 1.29 is 26.7 Å². The van der Waals surface area contributed by atoms with Crippen LogP contribution in [0, 0.1) is 11.6 Å². The summed E-state index contributed by atoms with van der Waals surface area (Å²) >= 11 is 0.559. The molecule has 0 saturated heterocycles. The van der Waals surface area contributed by atoms with Gasteiger partial charge in [0.1, 0.15) is 16.5 Å². The average Bonchev–Trinajstić information content (AvgIpc) is 2.89. The number of rotatable bonds is 3. The Morgan fingerprint density at radius 1 is 1.24 bits per heavy atom. The number of hydrogen-bond donors (Lipinski definition) is 1. The van der Waals surface area contributed by atoms with Gasteiger partial charge in [0.25, 0.3) is 5.91 Å². The van der Waals surface area contributed by atoms with Gasteiger partial charge in [-0.1, -0.05) is 10.6 Å². The third kappa shape index (κ3) is 3.32. The number of halogens is 5. The van der Waals surface area contributed by atoms with E-state index in [1.165, 1.54) is 0 Å². The van der Waals surface area contributed by atoms with Crippen LogP contribution in [0.4, 0.5) is 22.0 Å². The van der Waals surface area contributed by atoms with Crippen LogP contribution in [-0.2, 0) is 0 Å². The van der Waals surface area contributed by atoms with Crippen LogP contribution in [0.3, 0.4) is 0 Å². The molecule has 112 valence electrons. The normalized spacial score (nSPS) is 13.0. The first kappa shape index (κ1) is 15.3. The Bertz CT molecular complexity index is 624. The van der Waals surface area contributed by atoms with Crippen molar-refractivity contribution in [3.05, 3.63) is 46.5 Å². The standard InChI is InChI=1S/C11H6F5N3OS/c12-5-2-1-3-6(13)8(5)9(11(14,15)16)18-10(20)7-4-17-19-21-7/h1-4,9H,(H,18,20)/t9-/m1/s1. The number of aromatic nitrogens is 2. The predicted octanol–water partition coefficient (Wildman–Crippen LogP) is 2.85. The monoisotopic (exact) mass is 323 g/mol. The van der Waals surface area contributed by atoms with Crippen LogP contribution in [0.5, 0.6) is 0 Å². The molecule has 0 aliphatic rings. The number of alkyl halides is 3. The number of carbonyl (C=O) groups is 1. The summed E-state index contributed by atoms with van der Waals surface area (Å²) < 4.78 is 69.3. The van der Waals surface area contributed by atoms with Crippen LogP contribution in [-0.4, -0.2) is 21.7 Å². The molecule has 1 aromatic carbocycles. The van der Waals surface area contributed by atoms with E-state index < -0.39 is 35.3 Å². The molecule has 1 atom stereocenters. The fourth-order valence-electron chi connectivity index (χ4n) is 1.57. The van der Waals surface area contributed by atoms with Crippen molar-refractivity contribution in [2.45, 2.75) is 12.2 Å². The van der Waals surface area contributed by atoms with Gasteiger partial charge in [-0.05, 0) is 23.7 Å². The van der Waals surface area contributed by atoms with E-state index in [9.17, 15) is 26.7 Å². The lowest BCUT2D eigenvalue weighted by Gasteiger charge is -2.22. The zero-order chi connectivity index (χ0) is 15.6. The number of amides is 1. The largest absolute Gasteiger partial charge is 0.413 e. The third-order valence-electron chi connectivity index (χ3n) is 2.48. The van der Waals surface area contributed by atoms with Gasteiger partial charge in [-0.15, -0.1) is 5.10 Å². The molecular weight excluding hydrogens is 317 g/mol. The molecule has 10 heteroatoms. The number of nitrogens with one attached hydrogen (secondary N) is 1. The number of benzene rings is 1. The smallest absolute Gasteiger partial charge is 0.336 e. The lowest BCUT2D eigenvalue weighted by molar-refractivity contribution is -0.156. The van der Waals surface area contributed by atoms with Crippen molar-refractivity contribution in [2.75, 3.05) is 0 Å². The molecule has 1 N–H and O–H groups in total. The highest BCUT2D eigenvalue weighted by molar-refractivity contribution is 7.07. The van der Waals surface area contributed by atoms with E-state index >= 15 is 0 Å². The molecule has 0 bridgehead atoms. The van der Waals surface area contributed by atoms with E-state index in [0.717, 1.165) is 12.3 Å². The van der Waals surface area contributed by atoms with Crippen LogP contribution < -0.4 is 5.32 Å². The molecule has 0 spiro atoms. The Labute approximate surface area is 118 Å². The molecule has 0 radical (unpaired) electrons. The number of nitrogens with zero attached hydrogens (tertiary/aromatic N) is 2. The maximum Gasteiger partial charge on any atom is 0.413 e. The van der Waals surface area contributed by atoms with Crippen molar-refractivity contribution in [3.63, 3.8) is 0 Å². The summed E-state index contributed by atoms with van der Waals surface area (Å²) in [7, 11) is 0. The van der Waals surface area contributed by atoms with E-state index in [1.54, 1.807) is 5.32 Å². The van der Waals surface area contributed by atoms with E-state index in [-0.39, 0.29) is 4.88 Å². The predicted molar refractivity (Wildman–Crippen MR) is 62.5 cm³/mol. The fourth-order valence-corrected chi connectivity index (χ4v) is 1.99. The zero-order valence-electron chi connectivity index (χ0n) is 9.99. The molecule has 4 nitrogen and oxygen atoms in total. The summed E-state index contributed by atoms with van der Waals surface area (Å²) in [4.78, 5) is 11.4. The second-order valence-corrected chi connectivity index (χ2v) is 4.65. The van der Waals surface area contributed by atoms with Crippen molar-refractivity contribution in [2.24, 2.45) is 0 Å². The second kappa shape index (κ2) is 5.72. The summed E-state index contributed by atoms with van der Waals surface area (Å²) in [5.41, 5.74) is -1.27. The highest BCUT2D eigenvalue weighted by atomic mass is 32.1. The van der Waals surface area contributed by atoms with E-state index in [1.807, 2.05) is 0 Å². The van der Waals surface area contributed by atoms with Gasteiger partial charge >= 0.3 is 6.18 Å². The van der Waals surface area contributed by atoms with Gasteiger partial charge in [-0.2, -0.15) is 13.2 Å². The number of hydrogen-bond acceptors (Lipinski definition) is 4. The molecule has 0 aliphatic heterocycles. The summed E-state index contributed by atoms with van der Waals surface area (Å²) in [5, 5.41) is 4.84. The van der Waals surface area contributed by atoms with Crippen molar-refractivity contribution >= 4 is 17.4 Å². The Kier molecular flexibility index (Phi) is 4.16. The number of carbonyl (C=O) groups excluding carboxylic acids is 1. The molecule has 21 heavy (non-hydrogen) atoms. The summed E-state index contributed by atoms with van der Waals surface area (Å²) in [6.45, 7) is 0. The van der Waals surface area contributed by atoms with Gasteiger partial charge in [-0.3, -0.25) is 4.79 Å². The van der Waals surface area contributed by atoms with Crippen LogP contribution in [0.25, 0.3) is 0 Å². The minimum atomic E-state index is -5.07. The minimum absolute atomic E-state index is 0.207. The highest BCUT2D eigenvalue weighted by Gasteiger charge is 2.45. The topological polar surface area (TPSA) is 54.9 Å². The highest BCUT2D eigenvalue weighted by Crippen LogP contribution is 2.35. The van der Waals surface area contributed by atoms with Gasteiger partial charge in [0.15, 0.2) is 6.04 Å². The quantitative estimate of drug-likeness (QED) is 0.884. The molecule has 1 aromatic heterocycles. The Morgan fingerprint density at radius 3 is 2.33 bits per heavy atom. The first-order chi connectivity index (χ1) is 9.80. The molecule has 0 fully saturated rings. The summed E-state index contributed by atoms with van der Waals surface area (Å²) in [5.74, 6) is -3.98. The van der Waals surface area contributed by atoms with Crippen LogP contribution in [0.2, 0.25) is 0 Å². The SMILES string of the molecule is O=C(N[C@H](c1c(F)cccc1F)C(F)(F)F)c1cnns1. The Balaban J connectivity index is 2.39. The van der Waals surface area contributed by atoms with E-state index in [2.05, 4.69) is 9.59 Å². The minimum Gasteiger partial charge on any atom is -0.336 e. The van der Waals surface area contributed by atoms with Crippen molar-refractivity contribution in [1.29, 1.82) is 0 Å². The lowest BCUT2D eigenvalue weighted by Crippen LogP contribution is -2.39. The van der Waals surface area contributed by atoms with Crippen molar-refractivity contribution in [1.82, 2.24) is 14.9 Å². The van der Waals surface area contributed by atoms with Gasteiger partial charge in [0.2, 0.25) is 0 Å². The van der Waals surface area contributed by atoms with E-state index in [0.29, 0.717) is 23.7 Å². The fraction of sp³-hybridized carbons (Fsp3) is 0.182. The van der Waals surface area contributed by atoms with Crippen LogP contribution in [0.1, 0.15) is 21.3 Å². The van der Waals surface area contributed by atoms with Crippen LogP contribution in [0.15, 0.2) is 24.4 Å². The molecule has 2 rings (SSSR count). The second-order valence-electron chi connectivity index (χ2n) is 3.87. The maximum atomic E-state index is 13.5. The van der Waals surface area contributed by atoms with Gasteiger partial charge in [0, 0.05) is 0 Å². The van der Waals surface area contributed by atoms with E-state index in [4.69, 9.17) is 0 Å². The third-order valence-corrected chi connectivity index (χ3v) is 3.14. The molecule has 0 aliphatic carbocycles. The van der Waals surface area contributed by atoms with Gasteiger partial charge in [0.05, 0.1) is 11.8 Å².